The second kappa shape index (κ2) is 9.63. The minimum atomic E-state index is -4.10. The van der Waals surface area contributed by atoms with Gasteiger partial charge < -0.3 is 18.9 Å². The molecule has 1 aromatic carbocycles. The van der Waals surface area contributed by atoms with Gasteiger partial charge in [-0.25, -0.2) is 13.2 Å². The summed E-state index contributed by atoms with van der Waals surface area (Å²) in [7, 11) is -1.37. The molecule has 0 unspecified atom stereocenters. The van der Waals surface area contributed by atoms with Crippen molar-refractivity contribution in [3.63, 3.8) is 0 Å². The number of benzene rings is 1. The zero-order chi connectivity index (χ0) is 24.3. The molecule has 0 aliphatic heterocycles. The van der Waals surface area contributed by atoms with Crippen LogP contribution in [-0.4, -0.2) is 49.7 Å². The fraction of sp³-hybridized carbons (Fsp3) is 0.304. The first-order valence-electron chi connectivity index (χ1n) is 10.1. The molecule has 0 amide bonds. The molecule has 0 radical (unpaired) electrons. The number of ketones is 1. The van der Waals surface area contributed by atoms with Crippen molar-refractivity contribution >= 4 is 21.8 Å². The molecule has 176 valence electrons. The van der Waals surface area contributed by atoms with Crippen LogP contribution in [0, 0.1) is 13.8 Å². The second-order valence-corrected chi connectivity index (χ2v) is 9.35. The summed E-state index contributed by atoms with van der Waals surface area (Å²) < 4.78 is 43.5. The van der Waals surface area contributed by atoms with E-state index in [0.717, 1.165) is 4.31 Å². The average Bonchev–Trinajstić information content (AvgIpc) is 3.43. The molecule has 0 saturated carbocycles. The highest BCUT2D eigenvalue weighted by molar-refractivity contribution is 7.89. The quantitative estimate of drug-likeness (QED) is 0.372. The van der Waals surface area contributed by atoms with E-state index in [1.165, 1.54) is 51.7 Å². The number of Topliss-reactive ketones (excluding diaryl/α,β-unsaturated/α-hetero) is 1. The van der Waals surface area contributed by atoms with Crippen molar-refractivity contribution < 1.29 is 31.9 Å². The number of carbonyl (C=O) groups excluding carboxylic acids is 2. The lowest BCUT2D eigenvalue weighted by Gasteiger charge is -2.27. The van der Waals surface area contributed by atoms with E-state index in [4.69, 9.17) is 13.9 Å². The topological polar surface area (TPSA) is 119 Å². The first-order valence-corrected chi connectivity index (χ1v) is 11.6. The van der Waals surface area contributed by atoms with Crippen molar-refractivity contribution in [3.05, 3.63) is 70.9 Å². The Bertz CT molecular complexity index is 1240. The number of hydrogen-bond donors (Lipinski definition) is 1. The lowest BCUT2D eigenvalue weighted by molar-refractivity contribution is 0.0593. The molecule has 3 rings (SSSR count). The molecule has 1 atom stereocenters. The Hall–Kier alpha value is -3.37. The van der Waals surface area contributed by atoms with E-state index in [1.807, 2.05) is 0 Å². The van der Waals surface area contributed by atoms with Gasteiger partial charge in [0.05, 0.1) is 38.0 Å². The third kappa shape index (κ3) is 4.71. The number of methoxy groups -OCH3 is 2. The molecule has 9 nitrogen and oxygen atoms in total. The van der Waals surface area contributed by atoms with Gasteiger partial charge in [0, 0.05) is 11.3 Å². The van der Waals surface area contributed by atoms with E-state index in [9.17, 15) is 18.0 Å². The molecule has 10 heteroatoms. The summed E-state index contributed by atoms with van der Waals surface area (Å²) in [4.78, 5) is 28.4. The maximum Gasteiger partial charge on any atom is 0.354 e. The molecule has 0 spiro atoms. The van der Waals surface area contributed by atoms with Crippen LogP contribution in [0.15, 0.2) is 52.0 Å². The van der Waals surface area contributed by atoms with Gasteiger partial charge in [0.2, 0.25) is 10.0 Å². The molecule has 1 N–H and O–H groups in total. The number of esters is 1. The Labute approximate surface area is 192 Å². The summed E-state index contributed by atoms with van der Waals surface area (Å²) in [5, 5.41) is 0. The van der Waals surface area contributed by atoms with Gasteiger partial charge in [0.25, 0.3) is 0 Å². The third-order valence-electron chi connectivity index (χ3n) is 5.44. The molecular formula is C23H26N2O7S. The van der Waals surface area contributed by atoms with E-state index in [2.05, 4.69) is 4.98 Å². The number of rotatable bonds is 9. The Morgan fingerprint density at radius 1 is 1.12 bits per heavy atom. The van der Waals surface area contributed by atoms with Crippen molar-refractivity contribution in [2.24, 2.45) is 0 Å². The number of nitrogens with one attached hydrogen (secondary N) is 1. The highest BCUT2D eigenvalue weighted by Gasteiger charge is 2.36. The van der Waals surface area contributed by atoms with Crippen molar-refractivity contribution in [2.75, 3.05) is 14.2 Å². The number of aryl methyl sites for hydroxylation is 1. The van der Waals surface area contributed by atoms with Gasteiger partial charge in [-0.1, -0.05) is 0 Å². The molecule has 3 aromatic rings. The molecule has 0 aliphatic carbocycles. The van der Waals surface area contributed by atoms with Crippen LogP contribution in [0.3, 0.4) is 0 Å². The molecular weight excluding hydrogens is 448 g/mol. The number of H-pyrrole nitrogens is 1. The van der Waals surface area contributed by atoms with Gasteiger partial charge in [-0.05, 0) is 62.7 Å². The number of furan rings is 1. The molecule has 0 saturated heterocycles. The normalized spacial score (nSPS) is 12.5. The highest BCUT2D eigenvalue weighted by Crippen LogP contribution is 2.27. The van der Waals surface area contributed by atoms with Crippen molar-refractivity contribution in [1.82, 2.24) is 9.29 Å². The Morgan fingerprint density at radius 2 is 1.79 bits per heavy atom. The summed E-state index contributed by atoms with van der Waals surface area (Å²) in [6.07, 6.45) is 1.43. The van der Waals surface area contributed by atoms with Gasteiger partial charge in [0.1, 0.15) is 17.2 Å². The van der Waals surface area contributed by atoms with Crippen LogP contribution in [0.4, 0.5) is 0 Å². The Morgan fingerprint density at radius 3 is 2.33 bits per heavy atom. The molecule has 33 heavy (non-hydrogen) atoms. The fourth-order valence-corrected chi connectivity index (χ4v) is 5.19. The number of hydrogen-bond acceptors (Lipinski definition) is 7. The van der Waals surface area contributed by atoms with Crippen LogP contribution in [-0.2, 0) is 21.3 Å². The molecule has 2 aromatic heterocycles. The van der Waals surface area contributed by atoms with E-state index in [0.29, 0.717) is 22.8 Å². The minimum absolute atomic E-state index is 0.00673. The first-order chi connectivity index (χ1) is 15.6. The van der Waals surface area contributed by atoms with E-state index < -0.39 is 27.8 Å². The smallest absolute Gasteiger partial charge is 0.354 e. The predicted molar refractivity (Wildman–Crippen MR) is 120 cm³/mol. The van der Waals surface area contributed by atoms with Crippen molar-refractivity contribution in [1.29, 1.82) is 0 Å². The van der Waals surface area contributed by atoms with Crippen LogP contribution in [0.1, 0.15) is 44.8 Å². The summed E-state index contributed by atoms with van der Waals surface area (Å²) >= 11 is 0. The number of carbonyl (C=O) groups is 2. The standard InChI is InChI=1S/C23H26N2O7S/c1-14-20(15(2)24-21(14)23(27)31-5)22(26)16(3)25(13-18-7-6-12-32-18)33(28,29)19-10-8-17(30-4)9-11-19/h6-12,16,24H,13H2,1-5H3/t16-/m0/s1. The lowest BCUT2D eigenvalue weighted by atomic mass is 10.0. The van der Waals surface area contributed by atoms with Crippen molar-refractivity contribution in [2.45, 2.75) is 38.3 Å². The van der Waals surface area contributed by atoms with Gasteiger partial charge in [-0.15, -0.1) is 0 Å². The summed E-state index contributed by atoms with van der Waals surface area (Å²) in [6.45, 7) is 4.62. The number of aromatic nitrogens is 1. The zero-order valence-corrected chi connectivity index (χ0v) is 19.9. The molecule has 0 aliphatic rings. The fourth-order valence-electron chi connectivity index (χ4n) is 3.63. The Kier molecular flexibility index (Phi) is 7.09. The van der Waals surface area contributed by atoms with Crippen LogP contribution in [0.25, 0.3) is 0 Å². The highest BCUT2D eigenvalue weighted by atomic mass is 32.2. The molecule has 2 heterocycles. The number of ether oxygens (including phenoxy) is 2. The monoisotopic (exact) mass is 474 g/mol. The van der Waals surface area contributed by atoms with E-state index in [-0.39, 0.29) is 22.7 Å². The van der Waals surface area contributed by atoms with Gasteiger partial charge in [0.15, 0.2) is 5.78 Å². The maximum atomic E-state index is 13.6. The second-order valence-electron chi connectivity index (χ2n) is 7.46. The molecule has 0 fully saturated rings. The first kappa shape index (κ1) is 24.3. The van der Waals surface area contributed by atoms with Gasteiger partial charge >= 0.3 is 5.97 Å². The third-order valence-corrected chi connectivity index (χ3v) is 7.37. The Balaban J connectivity index is 2.05. The SMILES string of the molecule is COC(=O)c1[nH]c(C)c(C(=O)[C@H](C)N(Cc2ccco2)S(=O)(=O)c2ccc(OC)cc2)c1C. The number of aromatic amines is 1. The van der Waals surface area contributed by atoms with Crippen LogP contribution in [0.2, 0.25) is 0 Å². The van der Waals surface area contributed by atoms with Crippen molar-refractivity contribution in [3.8, 4) is 5.75 Å². The summed E-state index contributed by atoms with van der Waals surface area (Å²) in [5.74, 6) is -0.185. The van der Waals surface area contributed by atoms with Crippen LogP contribution < -0.4 is 4.74 Å². The summed E-state index contributed by atoms with van der Waals surface area (Å²) in [5.41, 5.74) is 1.25. The van der Waals surface area contributed by atoms with Gasteiger partial charge in [-0.3, -0.25) is 4.79 Å². The predicted octanol–water partition coefficient (Wildman–Crippen LogP) is 3.48. The maximum absolute atomic E-state index is 13.6. The van der Waals surface area contributed by atoms with Crippen LogP contribution >= 0.6 is 0 Å². The lowest BCUT2D eigenvalue weighted by Crippen LogP contribution is -2.43. The molecule has 0 bridgehead atoms. The largest absolute Gasteiger partial charge is 0.497 e. The number of sulfonamides is 1. The zero-order valence-electron chi connectivity index (χ0n) is 19.0. The van der Waals surface area contributed by atoms with E-state index in [1.54, 1.807) is 26.0 Å². The van der Waals surface area contributed by atoms with Crippen LogP contribution in [0.5, 0.6) is 5.75 Å². The summed E-state index contributed by atoms with van der Waals surface area (Å²) in [6, 6.07) is 8.09. The average molecular weight is 475 g/mol. The van der Waals surface area contributed by atoms with Gasteiger partial charge in [-0.2, -0.15) is 4.31 Å². The van der Waals surface area contributed by atoms with E-state index >= 15 is 0 Å². The number of nitrogens with zero attached hydrogens (tertiary/aromatic N) is 1. The minimum Gasteiger partial charge on any atom is -0.497 e.